The maximum absolute atomic E-state index is 10.8. The van der Waals surface area contributed by atoms with Crippen LogP contribution in [-0.2, 0) is 17.9 Å². The third-order valence-corrected chi connectivity index (χ3v) is 3.68. The average Bonchev–Trinajstić information content (AvgIpc) is 2.68. The van der Waals surface area contributed by atoms with Crippen molar-refractivity contribution in [2.24, 2.45) is 10.7 Å². The molecule has 0 saturated heterocycles. The summed E-state index contributed by atoms with van der Waals surface area (Å²) < 4.78 is 11.0. The van der Waals surface area contributed by atoms with E-state index in [1.54, 1.807) is 13.1 Å². The number of guanidine groups is 1. The molecule has 0 bridgehead atoms. The zero-order valence-corrected chi connectivity index (χ0v) is 18.4. The molecule has 7 nitrogen and oxygen atoms in total. The van der Waals surface area contributed by atoms with E-state index < -0.39 is 5.91 Å². The lowest BCUT2D eigenvalue weighted by molar-refractivity contribution is -0.119. The van der Waals surface area contributed by atoms with Gasteiger partial charge < -0.3 is 25.8 Å². The van der Waals surface area contributed by atoms with Crippen LogP contribution in [0, 0.1) is 0 Å². The maximum Gasteiger partial charge on any atom is 0.255 e. The summed E-state index contributed by atoms with van der Waals surface area (Å²) in [6.07, 6.45) is 0. The maximum atomic E-state index is 10.8. The van der Waals surface area contributed by atoms with Crippen molar-refractivity contribution >= 4 is 35.8 Å². The molecule has 0 unspecified atom stereocenters. The average molecular weight is 498 g/mol. The summed E-state index contributed by atoms with van der Waals surface area (Å²) in [6.45, 7) is 3.60. The summed E-state index contributed by atoms with van der Waals surface area (Å²) >= 11 is 0. The Morgan fingerprint density at radius 2 is 1.82 bits per heavy atom. The standard InChI is InChI=1S/C20H26N4O3.HI/c1-3-26-18-10-5-4-8-16(18)13-24-20(22-2)23-12-15-7-6-9-17(11-15)27-14-19(21)25;/h4-11H,3,12-14H2,1-2H3,(H2,21,25)(H2,22,23,24);1H. The van der Waals surface area contributed by atoms with Gasteiger partial charge in [-0.1, -0.05) is 30.3 Å². The van der Waals surface area contributed by atoms with Gasteiger partial charge in [-0.2, -0.15) is 0 Å². The number of nitrogens with one attached hydrogen (secondary N) is 2. The summed E-state index contributed by atoms with van der Waals surface area (Å²) in [4.78, 5) is 15.1. The van der Waals surface area contributed by atoms with E-state index in [1.807, 2.05) is 49.4 Å². The molecule has 2 aromatic rings. The van der Waals surface area contributed by atoms with Crippen LogP contribution in [-0.4, -0.2) is 32.1 Å². The van der Waals surface area contributed by atoms with E-state index in [9.17, 15) is 4.79 Å². The summed E-state index contributed by atoms with van der Waals surface area (Å²) in [5.74, 6) is 1.63. The number of carbonyl (C=O) groups is 1. The number of hydrogen-bond donors (Lipinski definition) is 3. The van der Waals surface area contributed by atoms with Crippen LogP contribution >= 0.6 is 24.0 Å². The molecule has 1 amide bonds. The van der Waals surface area contributed by atoms with E-state index in [0.29, 0.717) is 31.4 Å². The van der Waals surface area contributed by atoms with E-state index in [0.717, 1.165) is 16.9 Å². The fourth-order valence-corrected chi connectivity index (χ4v) is 2.43. The predicted octanol–water partition coefficient (Wildman–Crippen LogP) is 2.43. The lowest BCUT2D eigenvalue weighted by atomic mass is 10.2. The minimum atomic E-state index is -0.504. The molecule has 152 valence electrons. The van der Waals surface area contributed by atoms with Crippen molar-refractivity contribution in [2.75, 3.05) is 20.3 Å². The second kappa shape index (κ2) is 12.8. The Hall–Kier alpha value is -2.49. The van der Waals surface area contributed by atoms with E-state index in [2.05, 4.69) is 15.6 Å². The molecule has 2 aromatic carbocycles. The smallest absolute Gasteiger partial charge is 0.255 e. The molecule has 4 N–H and O–H groups in total. The van der Waals surface area contributed by atoms with Gasteiger partial charge in [0, 0.05) is 25.7 Å². The van der Waals surface area contributed by atoms with Crippen LogP contribution in [0.2, 0.25) is 0 Å². The first-order valence-electron chi connectivity index (χ1n) is 8.77. The SMILES string of the molecule is CCOc1ccccc1CNC(=NC)NCc1cccc(OCC(N)=O)c1.I. The Balaban J connectivity index is 0.00000392. The normalized spacial score (nSPS) is 10.6. The molecule has 28 heavy (non-hydrogen) atoms. The monoisotopic (exact) mass is 498 g/mol. The number of para-hydroxylation sites is 1. The number of halogens is 1. The fourth-order valence-electron chi connectivity index (χ4n) is 2.43. The molecule has 8 heteroatoms. The molecule has 0 heterocycles. The highest BCUT2D eigenvalue weighted by Gasteiger charge is 2.05. The minimum Gasteiger partial charge on any atom is -0.494 e. The van der Waals surface area contributed by atoms with E-state index in [4.69, 9.17) is 15.2 Å². The largest absolute Gasteiger partial charge is 0.494 e. The number of rotatable bonds is 9. The number of amides is 1. The summed E-state index contributed by atoms with van der Waals surface area (Å²) in [5, 5.41) is 6.53. The minimum absolute atomic E-state index is 0. The summed E-state index contributed by atoms with van der Waals surface area (Å²) in [5.41, 5.74) is 7.15. The Morgan fingerprint density at radius 1 is 1.07 bits per heavy atom. The quantitative estimate of drug-likeness (QED) is 0.280. The van der Waals surface area contributed by atoms with E-state index >= 15 is 0 Å². The van der Waals surface area contributed by atoms with E-state index in [1.165, 1.54) is 0 Å². The third kappa shape index (κ3) is 8.03. The zero-order chi connectivity index (χ0) is 19.5. The number of ether oxygens (including phenoxy) is 2. The van der Waals surface area contributed by atoms with Crippen molar-refractivity contribution in [1.82, 2.24) is 10.6 Å². The number of nitrogens with zero attached hydrogens (tertiary/aromatic N) is 1. The Labute approximate surface area is 182 Å². The molecule has 0 aromatic heterocycles. The van der Waals surface area contributed by atoms with Crippen molar-refractivity contribution in [1.29, 1.82) is 0 Å². The topological polar surface area (TPSA) is 98.0 Å². The first-order chi connectivity index (χ1) is 13.1. The lowest BCUT2D eigenvalue weighted by Gasteiger charge is -2.14. The van der Waals surface area contributed by atoms with Gasteiger partial charge in [0.1, 0.15) is 11.5 Å². The lowest BCUT2D eigenvalue weighted by Crippen LogP contribution is -2.36. The highest BCUT2D eigenvalue weighted by molar-refractivity contribution is 14.0. The number of primary amides is 1. The van der Waals surface area contributed by atoms with Crippen molar-refractivity contribution in [3.63, 3.8) is 0 Å². The zero-order valence-electron chi connectivity index (χ0n) is 16.1. The van der Waals surface area contributed by atoms with Crippen molar-refractivity contribution in [2.45, 2.75) is 20.0 Å². The van der Waals surface area contributed by atoms with Crippen LogP contribution in [0.5, 0.6) is 11.5 Å². The number of hydrogen-bond acceptors (Lipinski definition) is 4. The van der Waals surface area contributed by atoms with Crippen LogP contribution in [0.4, 0.5) is 0 Å². The van der Waals surface area contributed by atoms with Crippen LogP contribution in [0.1, 0.15) is 18.1 Å². The number of carbonyl (C=O) groups excluding carboxylic acids is 1. The van der Waals surface area contributed by atoms with E-state index in [-0.39, 0.29) is 30.6 Å². The highest BCUT2D eigenvalue weighted by Crippen LogP contribution is 2.17. The van der Waals surface area contributed by atoms with Gasteiger partial charge in [-0.15, -0.1) is 24.0 Å². The van der Waals surface area contributed by atoms with Gasteiger partial charge in [0.05, 0.1) is 6.61 Å². The number of nitrogens with two attached hydrogens (primary N) is 1. The van der Waals surface area contributed by atoms with Gasteiger partial charge in [0.15, 0.2) is 12.6 Å². The second-order valence-electron chi connectivity index (χ2n) is 5.72. The molecule has 0 saturated carbocycles. The van der Waals surface area contributed by atoms with Crippen LogP contribution < -0.4 is 25.8 Å². The van der Waals surface area contributed by atoms with Crippen LogP contribution in [0.25, 0.3) is 0 Å². The molecule has 0 aliphatic heterocycles. The molecule has 0 aliphatic rings. The Kier molecular flexibility index (Phi) is 10.8. The fraction of sp³-hybridized carbons (Fsp3) is 0.300. The third-order valence-electron chi connectivity index (χ3n) is 3.68. The van der Waals surface area contributed by atoms with Gasteiger partial charge in [0.25, 0.3) is 5.91 Å². The molecular formula is C20H27IN4O3. The molecule has 0 aliphatic carbocycles. The molecular weight excluding hydrogens is 471 g/mol. The number of benzene rings is 2. The Morgan fingerprint density at radius 3 is 2.54 bits per heavy atom. The van der Waals surface area contributed by atoms with Gasteiger partial charge in [-0.3, -0.25) is 9.79 Å². The predicted molar refractivity (Wildman–Crippen MR) is 121 cm³/mol. The first kappa shape index (κ1) is 23.5. The Bertz CT molecular complexity index is 784. The molecule has 0 spiro atoms. The van der Waals surface area contributed by atoms with Crippen molar-refractivity contribution in [3.05, 3.63) is 59.7 Å². The molecule has 0 atom stereocenters. The second-order valence-corrected chi connectivity index (χ2v) is 5.72. The molecule has 0 fully saturated rings. The summed E-state index contributed by atoms with van der Waals surface area (Å²) in [7, 11) is 1.72. The van der Waals surface area contributed by atoms with Crippen LogP contribution in [0.15, 0.2) is 53.5 Å². The van der Waals surface area contributed by atoms with Gasteiger partial charge in [0.2, 0.25) is 0 Å². The molecule has 0 radical (unpaired) electrons. The first-order valence-corrected chi connectivity index (χ1v) is 8.77. The number of aliphatic imine (C=N–C) groups is 1. The van der Waals surface area contributed by atoms with Gasteiger partial charge in [-0.05, 0) is 30.7 Å². The molecule has 2 rings (SSSR count). The van der Waals surface area contributed by atoms with Crippen molar-refractivity contribution in [3.8, 4) is 11.5 Å². The van der Waals surface area contributed by atoms with Crippen molar-refractivity contribution < 1.29 is 14.3 Å². The highest BCUT2D eigenvalue weighted by atomic mass is 127. The van der Waals surface area contributed by atoms with Gasteiger partial charge >= 0.3 is 0 Å². The van der Waals surface area contributed by atoms with Gasteiger partial charge in [-0.25, -0.2) is 0 Å². The summed E-state index contributed by atoms with van der Waals surface area (Å²) in [6, 6.07) is 15.4. The van der Waals surface area contributed by atoms with Crippen LogP contribution in [0.3, 0.4) is 0 Å².